The topological polar surface area (TPSA) is 46.4 Å². The van der Waals surface area contributed by atoms with Crippen molar-refractivity contribution in [2.75, 3.05) is 13.1 Å². The van der Waals surface area contributed by atoms with Crippen LogP contribution in [0.3, 0.4) is 0 Å². The molecule has 4 nitrogen and oxygen atoms in total. The fraction of sp³-hybridized carbons (Fsp3) is 0.556. The molecular weight excluding hydrogens is 276 g/mol. The standard InChI is InChI=1S/C18H28N2O2/c1-3-5-10-14-19(15-11-6-4-2)16-18(20(21)22)17-12-8-7-9-13-17/h7-9,12-13,16H,3-6,10-11,14-15H2,1-2H3/b18-16+. The first-order chi connectivity index (χ1) is 10.7. The minimum absolute atomic E-state index is 0.189. The minimum atomic E-state index is -0.276. The maximum atomic E-state index is 11.4. The van der Waals surface area contributed by atoms with Crippen molar-refractivity contribution in [1.82, 2.24) is 4.90 Å². The highest BCUT2D eigenvalue weighted by atomic mass is 16.6. The van der Waals surface area contributed by atoms with Gasteiger partial charge in [-0.15, -0.1) is 0 Å². The van der Waals surface area contributed by atoms with Crippen molar-refractivity contribution in [1.29, 1.82) is 0 Å². The zero-order valence-electron chi connectivity index (χ0n) is 13.8. The Morgan fingerprint density at radius 3 is 2.05 bits per heavy atom. The predicted molar refractivity (Wildman–Crippen MR) is 92.0 cm³/mol. The van der Waals surface area contributed by atoms with E-state index in [0.29, 0.717) is 5.56 Å². The zero-order chi connectivity index (χ0) is 16.2. The molecule has 0 heterocycles. The summed E-state index contributed by atoms with van der Waals surface area (Å²) in [4.78, 5) is 13.3. The van der Waals surface area contributed by atoms with Crippen molar-refractivity contribution in [3.8, 4) is 0 Å². The lowest BCUT2D eigenvalue weighted by atomic mass is 10.1. The molecule has 0 amide bonds. The highest BCUT2D eigenvalue weighted by molar-refractivity contribution is 5.57. The summed E-state index contributed by atoms with van der Waals surface area (Å²) in [6.45, 7) is 6.12. The lowest BCUT2D eigenvalue weighted by molar-refractivity contribution is -0.376. The van der Waals surface area contributed by atoms with Crippen LogP contribution in [0, 0.1) is 10.1 Å². The Morgan fingerprint density at radius 2 is 1.59 bits per heavy atom. The second kappa shape index (κ2) is 10.8. The van der Waals surface area contributed by atoms with Gasteiger partial charge in [0.25, 0.3) is 5.70 Å². The third kappa shape index (κ3) is 6.74. The predicted octanol–water partition coefficient (Wildman–Crippen LogP) is 4.94. The molecule has 0 spiro atoms. The smallest absolute Gasteiger partial charge is 0.292 e. The SMILES string of the molecule is CCCCCN(/C=C(\c1ccccc1)[N+](=O)[O-])CCCCC. The van der Waals surface area contributed by atoms with Gasteiger partial charge in [0.2, 0.25) is 0 Å². The molecule has 0 saturated heterocycles. The molecule has 122 valence electrons. The Bertz CT molecular complexity index is 447. The number of hydrogen-bond donors (Lipinski definition) is 0. The van der Waals surface area contributed by atoms with E-state index in [1.807, 2.05) is 18.2 Å². The van der Waals surface area contributed by atoms with Crippen LogP contribution in [0.2, 0.25) is 0 Å². The van der Waals surface area contributed by atoms with Gasteiger partial charge < -0.3 is 4.90 Å². The third-order valence-corrected chi connectivity index (χ3v) is 3.67. The van der Waals surface area contributed by atoms with E-state index in [4.69, 9.17) is 0 Å². The number of nitrogens with zero attached hydrogens (tertiary/aromatic N) is 2. The van der Waals surface area contributed by atoms with Crippen LogP contribution in [-0.4, -0.2) is 22.9 Å². The molecule has 0 aliphatic carbocycles. The monoisotopic (exact) mass is 304 g/mol. The fourth-order valence-corrected chi connectivity index (χ4v) is 2.38. The normalized spacial score (nSPS) is 11.5. The molecule has 1 aromatic carbocycles. The van der Waals surface area contributed by atoms with E-state index in [-0.39, 0.29) is 10.6 Å². The summed E-state index contributed by atoms with van der Waals surface area (Å²) in [6, 6.07) is 9.15. The summed E-state index contributed by atoms with van der Waals surface area (Å²) in [5, 5.41) is 11.4. The molecule has 1 aromatic rings. The number of rotatable bonds is 11. The lowest BCUT2D eigenvalue weighted by Crippen LogP contribution is -2.21. The van der Waals surface area contributed by atoms with E-state index in [9.17, 15) is 10.1 Å². The van der Waals surface area contributed by atoms with Crippen molar-refractivity contribution >= 4 is 5.70 Å². The van der Waals surface area contributed by atoms with Crippen LogP contribution in [-0.2, 0) is 0 Å². The second-order valence-electron chi connectivity index (χ2n) is 5.59. The van der Waals surface area contributed by atoms with Crippen LogP contribution in [0.25, 0.3) is 5.70 Å². The molecule has 0 aliphatic rings. The van der Waals surface area contributed by atoms with Crippen LogP contribution in [0.5, 0.6) is 0 Å². The Morgan fingerprint density at radius 1 is 1.05 bits per heavy atom. The first-order valence-corrected chi connectivity index (χ1v) is 8.34. The largest absolute Gasteiger partial charge is 0.372 e. The van der Waals surface area contributed by atoms with Crippen LogP contribution in [0.1, 0.15) is 57.9 Å². The molecule has 0 bridgehead atoms. The zero-order valence-corrected chi connectivity index (χ0v) is 13.8. The van der Waals surface area contributed by atoms with Gasteiger partial charge in [0.05, 0.1) is 16.7 Å². The highest BCUT2D eigenvalue weighted by Gasteiger charge is 2.15. The molecule has 0 saturated carbocycles. The second-order valence-corrected chi connectivity index (χ2v) is 5.59. The molecule has 4 heteroatoms. The third-order valence-electron chi connectivity index (χ3n) is 3.67. The average molecular weight is 304 g/mol. The molecule has 0 aliphatic heterocycles. The number of unbranched alkanes of at least 4 members (excludes halogenated alkanes) is 4. The van der Waals surface area contributed by atoms with Crippen LogP contribution in [0.15, 0.2) is 36.5 Å². The van der Waals surface area contributed by atoms with Gasteiger partial charge in [0, 0.05) is 13.1 Å². The van der Waals surface area contributed by atoms with Gasteiger partial charge in [-0.2, -0.15) is 0 Å². The van der Waals surface area contributed by atoms with E-state index in [1.54, 1.807) is 18.3 Å². The van der Waals surface area contributed by atoms with Gasteiger partial charge in [0.1, 0.15) is 0 Å². The Kier molecular flexibility index (Phi) is 8.96. The van der Waals surface area contributed by atoms with Gasteiger partial charge in [-0.3, -0.25) is 10.1 Å². The molecular formula is C18H28N2O2. The Balaban J connectivity index is 2.85. The summed E-state index contributed by atoms with van der Waals surface area (Å²) >= 11 is 0. The number of benzene rings is 1. The summed E-state index contributed by atoms with van der Waals surface area (Å²) < 4.78 is 0. The maximum absolute atomic E-state index is 11.4. The van der Waals surface area contributed by atoms with E-state index >= 15 is 0 Å². The van der Waals surface area contributed by atoms with E-state index in [2.05, 4.69) is 18.7 Å². The van der Waals surface area contributed by atoms with Gasteiger partial charge in [-0.05, 0) is 25.0 Å². The molecule has 0 unspecified atom stereocenters. The van der Waals surface area contributed by atoms with E-state index in [0.717, 1.165) is 51.6 Å². The van der Waals surface area contributed by atoms with Crippen molar-refractivity contribution in [2.45, 2.75) is 52.4 Å². The lowest BCUT2D eigenvalue weighted by Gasteiger charge is -2.20. The van der Waals surface area contributed by atoms with Gasteiger partial charge in [-0.25, -0.2) is 0 Å². The van der Waals surface area contributed by atoms with Gasteiger partial charge in [-0.1, -0.05) is 57.7 Å². The van der Waals surface area contributed by atoms with Gasteiger partial charge in [0.15, 0.2) is 0 Å². The maximum Gasteiger partial charge on any atom is 0.292 e. The molecule has 0 aromatic heterocycles. The van der Waals surface area contributed by atoms with Crippen molar-refractivity contribution in [3.05, 3.63) is 52.2 Å². The quantitative estimate of drug-likeness (QED) is 0.330. The molecule has 0 radical (unpaired) electrons. The summed E-state index contributed by atoms with van der Waals surface area (Å²) in [7, 11) is 0. The van der Waals surface area contributed by atoms with Crippen LogP contribution >= 0.6 is 0 Å². The first-order valence-electron chi connectivity index (χ1n) is 8.34. The summed E-state index contributed by atoms with van der Waals surface area (Å²) in [6.07, 6.45) is 8.55. The fourth-order valence-electron chi connectivity index (χ4n) is 2.38. The number of nitro groups is 1. The number of hydrogen-bond acceptors (Lipinski definition) is 3. The first kappa shape index (κ1) is 18.2. The van der Waals surface area contributed by atoms with E-state index < -0.39 is 0 Å². The van der Waals surface area contributed by atoms with E-state index in [1.165, 1.54) is 0 Å². The molecule has 1 rings (SSSR count). The average Bonchev–Trinajstić information content (AvgIpc) is 2.53. The summed E-state index contributed by atoms with van der Waals surface area (Å²) in [5.74, 6) is 0. The Labute approximate surface area is 134 Å². The van der Waals surface area contributed by atoms with Crippen LogP contribution in [0.4, 0.5) is 0 Å². The molecule has 0 N–H and O–H groups in total. The Hall–Kier alpha value is -1.84. The van der Waals surface area contributed by atoms with Crippen molar-refractivity contribution < 1.29 is 4.92 Å². The molecule has 22 heavy (non-hydrogen) atoms. The summed E-state index contributed by atoms with van der Waals surface area (Å²) in [5.41, 5.74) is 0.858. The molecule has 0 fully saturated rings. The molecule has 0 atom stereocenters. The highest BCUT2D eigenvalue weighted by Crippen LogP contribution is 2.16. The van der Waals surface area contributed by atoms with Crippen LogP contribution < -0.4 is 0 Å². The minimum Gasteiger partial charge on any atom is -0.372 e. The van der Waals surface area contributed by atoms with Crippen molar-refractivity contribution in [2.24, 2.45) is 0 Å². The van der Waals surface area contributed by atoms with Crippen molar-refractivity contribution in [3.63, 3.8) is 0 Å². The van der Waals surface area contributed by atoms with Gasteiger partial charge >= 0.3 is 0 Å².